The number of nitrogens with zero attached hydrogens (tertiary/aromatic N) is 5. The third kappa shape index (κ3) is 4.76. The molecule has 252 valence electrons. The van der Waals surface area contributed by atoms with E-state index in [9.17, 15) is 0 Å². The summed E-state index contributed by atoms with van der Waals surface area (Å²) in [5.41, 5.74) is 9.86. The maximum Gasteiger partial charge on any atom is 0.238 e. The van der Waals surface area contributed by atoms with E-state index in [1.54, 1.807) is 0 Å². The van der Waals surface area contributed by atoms with Crippen molar-refractivity contribution in [2.75, 3.05) is 0 Å². The number of para-hydroxylation sites is 3. The standard InChI is InChI=1S/C49H31N5/c1-3-15-33(16-4-1)47-50-48(40-23-13-17-32-14-7-8-20-37(32)40)52-49(51-47)54-44-25-12-10-22-39(44)42-31-35(27-29-46(42)54)34-26-28-45-41(30-34)38-21-9-11-24-43(38)53(45)36-18-5-2-6-19-36/h1-31H. The van der Waals surface area contributed by atoms with Crippen molar-refractivity contribution in [1.29, 1.82) is 0 Å². The van der Waals surface area contributed by atoms with Gasteiger partial charge in [0.2, 0.25) is 5.95 Å². The van der Waals surface area contributed by atoms with Gasteiger partial charge >= 0.3 is 0 Å². The molecule has 3 heterocycles. The van der Waals surface area contributed by atoms with Crippen molar-refractivity contribution in [3.8, 4) is 45.5 Å². The topological polar surface area (TPSA) is 48.5 Å². The third-order valence-corrected chi connectivity index (χ3v) is 10.6. The molecule has 5 nitrogen and oxygen atoms in total. The van der Waals surface area contributed by atoms with E-state index >= 15 is 0 Å². The molecule has 5 heteroatoms. The first-order chi connectivity index (χ1) is 26.8. The Morgan fingerprint density at radius 2 is 0.833 bits per heavy atom. The molecule has 0 saturated heterocycles. The van der Waals surface area contributed by atoms with E-state index in [2.05, 4.69) is 179 Å². The molecule has 0 N–H and O–H groups in total. The zero-order valence-corrected chi connectivity index (χ0v) is 29.1. The smallest absolute Gasteiger partial charge is 0.238 e. The highest BCUT2D eigenvalue weighted by atomic mass is 15.2. The van der Waals surface area contributed by atoms with E-state index in [4.69, 9.17) is 15.0 Å². The molecule has 11 aromatic rings. The molecule has 54 heavy (non-hydrogen) atoms. The van der Waals surface area contributed by atoms with Crippen LogP contribution in [0.3, 0.4) is 0 Å². The summed E-state index contributed by atoms with van der Waals surface area (Å²) in [6, 6.07) is 66.3. The Morgan fingerprint density at radius 1 is 0.315 bits per heavy atom. The van der Waals surface area contributed by atoms with E-state index in [1.165, 1.54) is 27.4 Å². The van der Waals surface area contributed by atoms with Gasteiger partial charge in [-0.25, -0.2) is 4.98 Å². The second-order valence-corrected chi connectivity index (χ2v) is 13.7. The van der Waals surface area contributed by atoms with Crippen LogP contribution in [0, 0.1) is 0 Å². The van der Waals surface area contributed by atoms with Gasteiger partial charge in [-0.05, 0) is 70.4 Å². The second-order valence-electron chi connectivity index (χ2n) is 13.7. The van der Waals surface area contributed by atoms with Gasteiger partial charge in [0, 0.05) is 38.4 Å². The van der Waals surface area contributed by atoms with Gasteiger partial charge in [0.05, 0.1) is 22.1 Å². The van der Waals surface area contributed by atoms with Crippen LogP contribution in [0.15, 0.2) is 188 Å². The molecule has 0 fully saturated rings. The van der Waals surface area contributed by atoms with Crippen molar-refractivity contribution in [3.63, 3.8) is 0 Å². The molecular formula is C49H31N5. The highest BCUT2D eigenvalue weighted by molar-refractivity contribution is 6.12. The summed E-state index contributed by atoms with van der Waals surface area (Å²) in [5, 5.41) is 7.00. The number of fused-ring (bicyclic) bond motifs is 7. The van der Waals surface area contributed by atoms with Gasteiger partial charge in [-0.3, -0.25) is 4.57 Å². The van der Waals surface area contributed by atoms with Crippen LogP contribution in [0.1, 0.15) is 0 Å². The minimum Gasteiger partial charge on any atom is -0.309 e. The van der Waals surface area contributed by atoms with E-state index < -0.39 is 0 Å². The first-order valence-electron chi connectivity index (χ1n) is 18.2. The molecule has 0 bridgehead atoms. The molecule has 0 aliphatic heterocycles. The lowest BCUT2D eigenvalue weighted by molar-refractivity contribution is 0.954. The molecule has 0 amide bonds. The lowest BCUT2D eigenvalue weighted by Crippen LogP contribution is -2.06. The van der Waals surface area contributed by atoms with Gasteiger partial charge in [-0.1, -0.05) is 140 Å². The highest BCUT2D eigenvalue weighted by Crippen LogP contribution is 2.38. The number of aromatic nitrogens is 5. The predicted molar refractivity (Wildman–Crippen MR) is 222 cm³/mol. The normalized spacial score (nSPS) is 11.7. The van der Waals surface area contributed by atoms with Crippen molar-refractivity contribution in [2.24, 2.45) is 0 Å². The van der Waals surface area contributed by atoms with Crippen LogP contribution in [-0.4, -0.2) is 24.1 Å². The fourth-order valence-electron chi connectivity index (χ4n) is 8.10. The summed E-state index contributed by atoms with van der Waals surface area (Å²) in [4.78, 5) is 15.5. The second kappa shape index (κ2) is 12.1. The molecular weight excluding hydrogens is 659 g/mol. The number of rotatable bonds is 5. The molecule has 0 aliphatic carbocycles. The Labute approximate surface area is 311 Å². The van der Waals surface area contributed by atoms with Crippen molar-refractivity contribution >= 4 is 54.4 Å². The van der Waals surface area contributed by atoms with Gasteiger partial charge in [-0.2, -0.15) is 9.97 Å². The van der Waals surface area contributed by atoms with Crippen LogP contribution in [-0.2, 0) is 0 Å². The van der Waals surface area contributed by atoms with Crippen molar-refractivity contribution in [3.05, 3.63) is 188 Å². The summed E-state index contributed by atoms with van der Waals surface area (Å²) in [5.74, 6) is 1.86. The molecule has 0 radical (unpaired) electrons. The first-order valence-corrected chi connectivity index (χ1v) is 18.2. The molecule has 0 unspecified atom stereocenters. The van der Waals surface area contributed by atoms with Gasteiger partial charge < -0.3 is 4.57 Å². The summed E-state index contributed by atoms with van der Waals surface area (Å²) in [7, 11) is 0. The quantitative estimate of drug-likeness (QED) is 0.181. The average molecular weight is 690 g/mol. The van der Waals surface area contributed by atoms with E-state index in [1.807, 2.05) is 18.2 Å². The Morgan fingerprint density at radius 3 is 1.54 bits per heavy atom. The predicted octanol–water partition coefficient (Wildman–Crippen LogP) is 12.2. The molecule has 11 rings (SSSR count). The molecule has 0 aliphatic rings. The van der Waals surface area contributed by atoms with Crippen molar-refractivity contribution < 1.29 is 0 Å². The molecule has 0 spiro atoms. The SMILES string of the molecule is c1ccc(-c2nc(-c3cccc4ccccc34)nc(-n3c4ccccc4c4cc(-c5ccc6c(c5)c5ccccc5n6-c5ccccc5)ccc43)n2)cc1. The highest BCUT2D eigenvalue weighted by Gasteiger charge is 2.20. The zero-order chi connectivity index (χ0) is 35.6. The van der Waals surface area contributed by atoms with E-state index in [0.717, 1.165) is 55.0 Å². The van der Waals surface area contributed by atoms with Crippen LogP contribution in [0.2, 0.25) is 0 Å². The molecule has 8 aromatic carbocycles. The largest absolute Gasteiger partial charge is 0.309 e. The van der Waals surface area contributed by atoms with Crippen molar-refractivity contribution in [1.82, 2.24) is 24.1 Å². The Kier molecular flexibility index (Phi) is 6.79. The first kappa shape index (κ1) is 30.3. The summed E-state index contributed by atoms with van der Waals surface area (Å²) in [6.07, 6.45) is 0. The van der Waals surface area contributed by atoms with Gasteiger partial charge in [0.15, 0.2) is 11.6 Å². The molecule has 0 saturated carbocycles. The minimum absolute atomic E-state index is 0.584. The Balaban J connectivity index is 1.12. The summed E-state index contributed by atoms with van der Waals surface area (Å²) < 4.78 is 4.55. The maximum atomic E-state index is 5.23. The maximum absolute atomic E-state index is 5.23. The monoisotopic (exact) mass is 689 g/mol. The summed E-state index contributed by atoms with van der Waals surface area (Å²) >= 11 is 0. The number of benzene rings is 8. The third-order valence-electron chi connectivity index (χ3n) is 10.6. The lowest BCUT2D eigenvalue weighted by atomic mass is 10.0. The lowest BCUT2D eigenvalue weighted by Gasteiger charge is -2.12. The minimum atomic E-state index is 0.584. The van der Waals surface area contributed by atoms with Crippen molar-refractivity contribution in [2.45, 2.75) is 0 Å². The number of hydrogen-bond acceptors (Lipinski definition) is 3. The fraction of sp³-hybridized carbons (Fsp3) is 0. The molecule has 3 aromatic heterocycles. The van der Waals surface area contributed by atoms with Crippen LogP contribution < -0.4 is 0 Å². The average Bonchev–Trinajstić information content (AvgIpc) is 3.76. The Hall–Kier alpha value is -7.37. The number of hydrogen-bond donors (Lipinski definition) is 0. The Bertz CT molecular complexity index is 3210. The molecule has 0 atom stereocenters. The van der Waals surface area contributed by atoms with Gasteiger partial charge in [-0.15, -0.1) is 0 Å². The van der Waals surface area contributed by atoms with Gasteiger partial charge in [0.25, 0.3) is 0 Å². The zero-order valence-electron chi connectivity index (χ0n) is 29.1. The van der Waals surface area contributed by atoms with Crippen LogP contribution in [0.4, 0.5) is 0 Å². The van der Waals surface area contributed by atoms with E-state index in [0.29, 0.717) is 17.6 Å². The van der Waals surface area contributed by atoms with Gasteiger partial charge in [0.1, 0.15) is 0 Å². The van der Waals surface area contributed by atoms with Crippen LogP contribution in [0.5, 0.6) is 0 Å². The van der Waals surface area contributed by atoms with Crippen LogP contribution >= 0.6 is 0 Å². The summed E-state index contributed by atoms with van der Waals surface area (Å²) in [6.45, 7) is 0. The van der Waals surface area contributed by atoms with Crippen LogP contribution in [0.25, 0.3) is 99.9 Å². The fourth-order valence-corrected chi connectivity index (χ4v) is 8.10. The van der Waals surface area contributed by atoms with E-state index in [-0.39, 0.29) is 0 Å².